The molecule has 3 aliphatic heterocycles. The van der Waals surface area contributed by atoms with E-state index in [0.717, 1.165) is 11.3 Å². The fourth-order valence-corrected chi connectivity index (χ4v) is 5.15. The molecule has 1 N–H and O–H groups in total. The maximum absolute atomic E-state index is 13.3. The highest BCUT2D eigenvalue weighted by atomic mass is 32.2. The van der Waals surface area contributed by atoms with Crippen molar-refractivity contribution in [2.24, 2.45) is 15.9 Å². The summed E-state index contributed by atoms with van der Waals surface area (Å²) in [5.41, 5.74) is 2.22. The lowest BCUT2D eigenvalue weighted by Gasteiger charge is -2.27. The summed E-state index contributed by atoms with van der Waals surface area (Å²) >= 11 is 1.29. The van der Waals surface area contributed by atoms with Gasteiger partial charge in [0, 0.05) is 17.3 Å². The second kappa shape index (κ2) is 9.13. The third kappa shape index (κ3) is 4.16. The lowest BCUT2D eigenvalue weighted by molar-refractivity contribution is -0.125. The zero-order valence-electron chi connectivity index (χ0n) is 19.3. The zero-order chi connectivity index (χ0) is 23.8. The number of amidine groups is 2. The Kier molecular flexibility index (Phi) is 6.03. The largest absolute Gasteiger partial charge is 0.454 e. The van der Waals surface area contributed by atoms with Crippen LogP contribution in [-0.2, 0) is 9.59 Å². The minimum Gasteiger partial charge on any atom is -0.454 e. The molecule has 0 bridgehead atoms. The van der Waals surface area contributed by atoms with Crippen molar-refractivity contribution >= 4 is 46.0 Å². The number of ether oxygens (including phenoxy) is 2. The number of fused-ring (bicyclic) bond motifs is 4. The Balaban J connectivity index is 1.39. The number of para-hydroxylation sites is 1. The van der Waals surface area contributed by atoms with Gasteiger partial charge in [0.25, 0.3) is 5.91 Å². The van der Waals surface area contributed by atoms with E-state index in [9.17, 15) is 9.59 Å². The number of anilines is 1. The van der Waals surface area contributed by atoms with E-state index < -0.39 is 11.3 Å². The topological polar surface area (TPSA) is 92.6 Å². The summed E-state index contributed by atoms with van der Waals surface area (Å²) in [5, 5.41) is 2.99. The van der Waals surface area contributed by atoms with E-state index >= 15 is 0 Å². The molecule has 2 amide bonds. The van der Waals surface area contributed by atoms with Crippen LogP contribution in [0.2, 0.25) is 0 Å². The number of nitrogens with one attached hydrogen (secondary N) is 1. The first-order chi connectivity index (χ1) is 16.4. The van der Waals surface area contributed by atoms with Crippen LogP contribution in [0.4, 0.5) is 11.4 Å². The molecule has 3 aliphatic rings. The molecule has 0 fully saturated rings. The molecular formula is C25H26N4O4S. The SMILES string of the molecule is CC[C@H](SC1=Nc2ccccc2C2=N[C@@H](CC(C)C)C(=O)N12)C(=O)Nc1ccc2c(c1)OCO2. The van der Waals surface area contributed by atoms with Crippen molar-refractivity contribution in [2.45, 2.75) is 44.9 Å². The highest BCUT2D eigenvalue weighted by Gasteiger charge is 2.42. The molecule has 2 aromatic carbocycles. The van der Waals surface area contributed by atoms with Crippen molar-refractivity contribution in [2.75, 3.05) is 12.1 Å². The molecule has 0 aromatic heterocycles. The van der Waals surface area contributed by atoms with Crippen LogP contribution >= 0.6 is 11.8 Å². The average molecular weight is 479 g/mol. The van der Waals surface area contributed by atoms with Crippen molar-refractivity contribution in [3.8, 4) is 11.5 Å². The van der Waals surface area contributed by atoms with E-state index in [1.165, 1.54) is 11.8 Å². The second-order valence-corrected chi connectivity index (χ2v) is 9.93. The molecular weight excluding hydrogens is 452 g/mol. The summed E-state index contributed by atoms with van der Waals surface area (Å²) in [7, 11) is 0. The molecule has 0 aliphatic carbocycles. The van der Waals surface area contributed by atoms with Crippen molar-refractivity contribution in [3.05, 3.63) is 48.0 Å². The Morgan fingerprint density at radius 1 is 1.21 bits per heavy atom. The maximum atomic E-state index is 13.3. The number of hydrogen-bond donors (Lipinski definition) is 1. The number of thioether (sulfide) groups is 1. The van der Waals surface area contributed by atoms with E-state index in [-0.39, 0.29) is 18.6 Å². The molecule has 9 heteroatoms. The van der Waals surface area contributed by atoms with E-state index in [1.54, 1.807) is 23.1 Å². The quantitative estimate of drug-likeness (QED) is 0.657. The normalized spacial score (nSPS) is 18.9. The molecule has 0 saturated heterocycles. The lowest BCUT2D eigenvalue weighted by atomic mass is 10.0. The van der Waals surface area contributed by atoms with E-state index in [1.807, 2.05) is 31.2 Å². The predicted octanol–water partition coefficient (Wildman–Crippen LogP) is 4.57. The average Bonchev–Trinajstić information content (AvgIpc) is 3.41. The van der Waals surface area contributed by atoms with E-state index in [0.29, 0.717) is 46.9 Å². The number of aliphatic imine (C=N–C) groups is 2. The lowest BCUT2D eigenvalue weighted by Crippen LogP contribution is -2.42. The maximum Gasteiger partial charge on any atom is 0.259 e. The van der Waals surface area contributed by atoms with Gasteiger partial charge in [-0.05, 0) is 43.0 Å². The number of benzene rings is 2. The van der Waals surface area contributed by atoms with Gasteiger partial charge >= 0.3 is 0 Å². The highest BCUT2D eigenvalue weighted by molar-refractivity contribution is 8.15. The van der Waals surface area contributed by atoms with Gasteiger partial charge in [0.15, 0.2) is 16.7 Å². The van der Waals surface area contributed by atoms with Crippen molar-refractivity contribution in [1.82, 2.24) is 4.90 Å². The first kappa shape index (κ1) is 22.5. The van der Waals surface area contributed by atoms with Crippen LogP contribution in [0.3, 0.4) is 0 Å². The first-order valence-corrected chi connectivity index (χ1v) is 12.3. The molecule has 0 saturated carbocycles. The summed E-state index contributed by atoms with van der Waals surface area (Å²) in [5.74, 6) is 1.96. The molecule has 3 heterocycles. The molecule has 34 heavy (non-hydrogen) atoms. The Labute approximate surface area is 202 Å². The van der Waals surface area contributed by atoms with Gasteiger partial charge in [-0.2, -0.15) is 0 Å². The van der Waals surface area contributed by atoms with Gasteiger partial charge in [0.05, 0.1) is 10.9 Å². The highest BCUT2D eigenvalue weighted by Crippen LogP contribution is 2.37. The molecule has 176 valence electrons. The predicted molar refractivity (Wildman–Crippen MR) is 133 cm³/mol. The molecule has 5 rings (SSSR count). The van der Waals surface area contributed by atoms with Crippen LogP contribution in [0, 0.1) is 5.92 Å². The molecule has 2 aromatic rings. The van der Waals surface area contributed by atoms with E-state index in [4.69, 9.17) is 19.5 Å². The monoisotopic (exact) mass is 478 g/mol. The van der Waals surface area contributed by atoms with E-state index in [2.05, 4.69) is 19.2 Å². The van der Waals surface area contributed by atoms with Crippen LogP contribution in [0.5, 0.6) is 11.5 Å². The number of hydrogen-bond acceptors (Lipinski definition) is 7. The molecule has 0 radical (unpaired) electrons. The first-order valence-electron chi connectivity index (χ1n) is 11.4. The number of rotatable bonds is 6. The Morgan fingerprint density at radius 2 is 2.00 bits per heavy atom. The number of carbonyl (C=O) groups excluding carboxylic acids is 2. The fraction of sp³-hybridized carbons (Fsp3) is 0.360. The van der Waals surface area contributed by atoms with Gasteiger partial charge in [0.1, 0.15) is 11.9 Å². The Bertz CT molecular complexity index is 1210. The molecule has 2 atom stereocenters. The summed E-state index contributed by atoms with van der Waals surface area (Å²) in [6.45, 7) is 6.27. The minimum absolute atomic E-state index is 0.0875. The van der Waals surface area contributed by atoms with Gasteiger partial charge in [-0.1, -0.05) is 44.7 Å². The zero-order valence-corrected chi connectivity index (χ0v) is 20.1. The van der Waals surface area contributed by atoms with Crippen LogP contribution in [-0.4, -0.2) is 45.8 Å². The summed E-state index contributed by atoms with van der Waals surface area (Å²) < 4.78 is 10.7. The number of amides is 2. The van der Waals surface area contributed by atoms with Crippen LogP contribution < -0.4 is 14.8 Å². The number of carbonyl (C=O) groups is 2. The summed E-state index contributed by atoms with van der Waals surface area (Å²) in [6.07, 6.45) is 1.23. The van der Waals surface area contributed by atoms with Crippen LogP contribution in [0.15, 0.2) is 52.4 Å². The van der Waals surface area contributed by atoms with Gasteiger partial charge in [-0.3, -0.25) is 14.6 Å². The summed E-state index contributed by atoms with van der Waals surface area (Å²) in [4.78, 5) is 37.6. The fourth-order valence-electron chi connectivity index (χ4n) is 4.13. The standard InChI is InChI=1S/C25H26N4O4S/c1-4-21(23(30)26-15-9-10-19-20(12-15)33-13-32-19)34-25-28-17-8-6-5-7-16(17)22-27-18(11-14(2)3)24(31)29(22)25/h5-10,12,14,18,21H,4,11,13H2,1-3H3,(H,26,30)/t18-,21-/m0/s1. The molecule has 0 spiro atoms. The third-order valence-electron chi connectivity index (χ3n) is 5.79. The summed E-state index contributed by atoms with van der Waals surface area (Å²) in [6, 6.07) is 12.5. The van der Waals surface area contributed by atoms with Gasteiger partial charge < -0.3 is 14.8 Å². The van der Waals surface area contributed by atoms with Crippen molar-refractivity contribution in [3.63, 3.8) is 0 Å². The molecule has 0 unspecified atom stereocenters. The van der Waals surface area contributed by atoms with Gasteiger partial charge in [-0.25, -0.2) is 9.89 Å². The third-order valence-corrected chi connectivity index (χ3v) is 7.11. The van der Waals surface area contributed by atoms with Gasteiger partial charge in [0.2, 0.25) is 12.7 Å². The van der Waals surface area contributed by atoms with Crippen molar-refractivity contribution in [1.29, 1.82) is 0 Å². The molecule has 8 nitrogen and oxygen atoms in total. The Hall–Kier alpha value is -3.33. The second-order valence-electron chi connectivity index (χ2n) is 8.76. The Morgan fingerprint density at radius 3 is 2.79 bits per heavy atom. The van der Waals surface area contributed by atoms with Gasteiger partial charge in [-0.15, -0.1) is 0 Å². The smallest absolute Gasteiger partial charge is 0.259 e. The van der Waals surface area contributed by atoms with Crippen LogP contribution in [0.1, 0.15) is 39.2 Å². The van der Waals surface area contributed by atoms with Crippen molar-refractivity contribution < 1.29 is 19.1 Å². The van der Waals surface area contributed by atoms with Crippen LogP contribution in [0.25, 0.3) is 0 Å². The number of nitrogens with zero attached hydrogens (tertiary/aromatic N) is 3. The minimum atomic E-state index is -0.451.